The monoisotopic (exact) mass is 458 g/mol. The summed E-state index contributed by atoms with van der Waals surface area (Å²) in [5, 5.41) is 7.90. The van der Waals surface area contributed by atoms with Crippen LogP contribution in [0.25, 0.3) is 0 Å². The van der Waals surface area contributed by atoms with E-state index in [2.05, 4.69) is 64.8 Å². The summed E-state index contributed by atoms with van der Waals surface area (Å²) in [6.45, 7) is 6.11. The lowest BCUT2D eigenvalue weighted by molar-refractivity contribution is 0.651. The molecule has 1 unspecified atom stereocenters. The number of guanidine groups is 1. The van der Waals surface area contributed by atoms with Crippen molar-refractivity contribution in [2.45, 2.75) is 32.6 Å². The molecule has 1 atom stereocenters. The van der Waals surface area contributed by atoms with E-state index < -0.39 is 0 Å². The van der Waals surface area contributed by atoms with Crippen molar-refractivity contribution in [1.82, 2.24) is 15.6 Å². The summed E-state index contributed by atoms with van der Waals surface area (Å²) in [5.41, 5.74) is 1.39. The van der Waals surface area contributed by atoms with Gasteiger partial charge in [0.1, 0.15) is 0 Å². The molecular weight excluding hydrogens is 431 g/mol. The van der Waals surface area contributed by atoms with Gasteiger partial charge in [0.25, 0.3) is 0 Å². The van der Waals surface area contributed by atoms with Crippen LogP contribution in [0.5, 0.6) is 0 Å². The number of benzene rings is 1. The summed E-state index contributed by atoms with van der Waals surface area (Å²) in [4.78, 5) is 9.91. The Labute approximate surface area is 166 Å². The van der Waals surface area contributed by atoms with Gasteiger partial charge < -0.3 is 10.6 Å². The van der Waals surface area contributed by atoms with Crippen LogP contribution in [-0.4, -0.2) is 31.1 Å². The van der Waals surface area contributed by atoms with Crippen LogP contribution in [-0.2, 0) is 6.42 Å². The molecule has 0 fully saturated rings. The van der Waals surface area contributed by atoms with Crippen LogP contribution in [0.2, 0.25) is 0 Å². The molecule has 0 spiro atoms. The van der Waals surface area contributed by atoms with E-state index in [0.29, 0.717) is 5.92 Å². The first kappa shape index (κ1) is 20.9. The van der Waals surface area contributed by atoms with E-state index >= 15 is 0 Å². The van der Waals surface area contributed by atoms with Gasteiger partial charge in [-0.1, -0.05) is 37.3 Å². The normalized spacial score (nSPS) is 12.4. The topological polar surface area (TPSA) is 49.3 Å². The van der Waals surface area contributed by atoms with Crippen molar-refractivity contribution in [3.63, 3.8) is 0 Å². The predicted octanol–water partition coefficient (Wildman–Crippen LogP) is 3.97. The van der Waals surface area contributed by atoms with Crippen LogP contribution in [0, 0.1) is 6.92 Å². The number of aryl methyl sites for hydroxylation is 1. The highest BCUT2D eigenvalue weighted by Crippen LogP contribution is 2.17. The van der Waals surface area contributed by atoms with Gasteiger partial charge in [0.05, 0.1) is 5.01 Å². The van der Waals surface area contributed by atoms with Crippen molar-refractivity contribution in [3.8, 4) is 0 Å². The molecule has 1 heterocycles. The number of aromatic nitrogens is 1. The van der Waals surface area contributed by atoms with Crippen molar-refractivity contribution >= 4 is 41.3 Å². The summed E-state index contributed by atoms with van der Waals surface area (Å²) >= 11 is 1.76. The van der Waals surface area contributed by atoms with Crippen molar-refractivity contribution in [3.05, 3.63) is 52.0 Å². The molecule has 0 amide bonds. The van der Waals surface area contributed by atoms with Crippen LogP contribution in [0.3, 0.4) is 0 Å². The van der Waals surface area contributed by atoms with Gasteiger partial charge in [-0.3, -0.25) is 4.99 Å². The highest BCUT2D eigenvalue weighted by atomic mass is 127. The van der Waals surface area contributed by atoms with Crippen LogP contribution < -0.4 is 10.6 Å². The number of nitrogens with zero attached hydrogens (tertiary/aromatic N) is 2. The third kappa shape index (κ3) is 7.17. The van der Waals surface area contributed by atoms with E-state index in [-0.39, 0.29) is 24.0 Å². The van der Waals surface area contributed by atoms with E-state index in [1.165, 1.54) is 15.4 Å². The fourth-order valence-electron chi connectivity index (χ4n) is 2.38. The lowest BCUT2D eigenvalue weighted by Crippen LogP contribution is -2.39. The number of hydrogen-bond donors (Lipinski definition) is 2. The Balaban J connectivity index is 0.00000288. The molecule has 132 valence electrons. The van der Waals surface area contributed by atoms with Gasteiger partial charge in [0.15, 0.2) is 5.96 Å². The largest absolute Gasteiger partial charge is 0.356 e. The summed E-state index contributed by atoms with van der Waals surface area (Å²) in [6.07, 6.45) is 3.94. The molecule has 0 bridgehead atoms. The van der Waals surface area contributed by atoms with Crippen molar-refractivity contribution in [2.24, 2.45) is 4.99 Å². The van der Waals surface area contributed by atoms with E-state index in [4.69, 9.17) is 0 Å². The lowest BCUT2D eigenvalue weighted by atomic mass is 9.98. The summed E-state index contributed by atoms with van der Waals surface area (Å²) in [5.74, 6) is 1.40. The van der Waals surface area contributed by atoms with Gasteiger partial charge in [-0.05, 0) is 24.8 Å². The van der Waals surface area contributed by atoms with Gasteiger partial charge >= 0.3 is 0 Å². The maximum atomic E-state index is 4.38. The highest BCUT2D eigenvalue weighted by molar-refractivity contribution is 14.0. The minimum Gasteiger partial charge on any atom is -0.356 e. The Morgan fingerprint density at radius 1 is 1.21 bits per heavy atom. The van der Waals surface area contributed by atoms with Gasteiger partial charge in [-0.15, -0.1) is 35.3 Å². The molecule has 4 nitrogen and oxygen atoms in total. The standard InChI is InChI=1S/C18H26N4S.HI/c1-14(16-7-5-4-6-8-16)9-11-20-18(19-3)21-12-10-17-22-13-15(2)23-17;/h4-8,13-14H,9-12H2,1-3H3,(H2,19,20,21);1H. The number of rotatable bonds is 7. The third-order valence-electron chi connectivity index (χ3n) is 3.76. The Morgan fingerprint density at radius 3 is 2.54 bits per heavy atom. The quantitative estimate of drug-likeness (QED) is 0.375. The number of halogens is 1. The predicted molar refractivity (Wildman–Crippen MR) is 115 cm³/mol. The Bertz CT molecular complexity index is 612. The van der Waals surface area contributed by atoms with Gasteiger partial charge in [0.2, 0.25) is 0 Å². The van der Waals surface area contributed by atoms with Crippen molar-refractivity contribution in [1.29, 1.82) is 0 Å². The lowest BCUT2D eigenvalue weighted by Gasteiger charge is -2.15. The van der Waals surface area contributed by atoms with Crippen molar-refractivity contribution in [2.75, 3.05) is 20.1 Å². The zero-order chi connectivity index (χ0) is 16.5. The summed E-state index contributed by atoms with van der Waals surface area (Å²) in [6, 6.07) is 10.6. The van der Waals surface area contributed by atoms with Crippen LogP contribution in [0.1, 0.15) is 34.7 Å². The third-order valence-corrected chi connectivity index (χ3v) is 4.74. The first-order chi connectivity index (χ1) is 11.2. The second-order valence-corrected chi connectivity index (χ2v) is 6.96. The highest BCUT2D eigenvalue weighted by Gasteiger charge is 2.05. The maximum absolute atomic E-state index is 4.38. The second kappa shape index (κ2) is 11.4. The molecule has 0 radical (unpaired) electrons. The summed E-state index contributed by atoms with van der Waals surface area (Å²) < 4.78 is 0. The fraction of sp³-hybridized carbons (Fsp3) is 0.444. The zero-order valence-electron chi connectivity index (χ0n) is 14.6. The van der Waals surface area contributed by atoms with Crippen LogP contribution in [0.15, 0.2) is 41.5 Å². The summed E-state index contributed by atoms with van der Waals surface area (Å²) in [7, 11) is 1.81. The fourth-order valence-corrected chi connectivity index (χ4v) is 3.17. The van der Waals surface area contributed by atoms with Gasteiger partial charge in [0, 0.05) is 37.6 Å². The van der Waals surface area contributed by atoms with Gasteiger partial charge in [-0.2, -0.15) is 0 Å². The smallest absolute Gasteiger partial charge is 0.190 e. The van der Waals surface area contributed by atoms with E-state index in [1.54, 1.807) is 11.3 Å². The average molecular weight is 458 g/mol. The molecule has 1 aromatic carbocycles. The number of thiazole rings is 1. The Hall–Kier alpha value is -1.15. The molecule has 2 rings (SSSR count). The Morgan fingerprint density at radius 2 is 1.92 bits per heavy atom. The number of hydrogen-bond acceptors (Lipinski definition) is 3. The second-order valence-electron chi connectivity index (χ2n) is 5.64. The SMILES string of the molecule is CN=C(NCCc1ncc(C)s1)NCCC(C)c1ccccc1.I. The molecule has 0 aliphatic rings. The number of aliphatic imine (C=N–C) groups is 1. The molecule has 1 aromatic heterocycles. The molecule has 2 N–H and O–H groups in total. The maximum Gasteiger partial charge on any atom is 0.190 e. The minimum atomic E-state index is 0. The molecule has 0 aliphatic heterocycles. The molecule has 24 heavy (non-hydrogen) atoms. The molecule has 0 saturated heterocycles. The van der Waals surface area contributed by atoms with E-state index in [1.807, 2.05) is 13.2 Å². The average Bonchev–Trinajstić information content (AvgIpc) is 2.99. The van der Waals surface area contributed by atoms with Gasteiger partial charge in [-0.25, -0.2) is 4.98 Å². The molecule has 2 aromatic rings. The number of nitrogens with one attached hydrogen (secondary N) is 2. The first-order valence-corrected chi connectivity index (χ1v) is 8.91. The van der Waals surface area contributed by atoms with Crippen molar-refractivity contribution < 1.29 is 0 Å². The zero-order valence-corrected chi connectivity index (χ0v) is 17.7. The van der Waals surface area contributed by atoms with Crippen LogP contribution >= 0.6 is 35.3 Å². The van der Waals surface area contributed by atoms with E-state index in [9.17, 15) is 0 Å². The van der Waals surface area contributed by atoms with Crippen LogP contribution in [0.4, 0.5) is 0 Å². The van der Waals surface area contributed by atoms with E-state index in [0.717, 1.165) is 31.9 Å². The molecule has 0 saturated carbocycles. The minimum absolute atomic E-state index is 0. The Kier molecular flexibility index (Phi) is 9.94. The molecule has 6 heteroatoms. The molecule has 0 aliphatic carbocycles. The first-order valence-electron chi connectivity index (χ1n) is 8.10. The molecular formula is C18H27IN4S.